The standard InChI is InChI=1S/C24H24Si/c1-19(2)23-18-24(23)25(20-12-6-3-7-13-20,21-14-8-4-9-15-21)22-16-10-5-11-17-22/h3-17,19H,18H2,1-2H3. The van der Waals surface area contributed by atoms with Crippen LogP contribution in [0.25, 0.3) is 0 Å². The van der Waals surface area contributed by atoms with Gasteiger partial charge in [0.1, 0.15) is 0 Å². The van der Waals surface area contributed by atoms with Crippen LogP contribution in [0.4, 0.5) is 0 Å². The molecule has 0 bridgehead atoms. The molecular formula is C24H24Si. The van der Waals surface area contributed by atoms with Gasteiger partial charge in [0, 0.05) is 0 Å². The number of rotatable bonds is 5. The van der Waals surface area contributed by atoms with Crippen molar-refractivity contribution in [3.8, 4) is 0 Å². The van der Waals surface area contributed by atoms with Gasteiger partial charge >= 0.3 is 0 Å². The van der Waals surface area contributed by atoms with Crippen molar-refractivity contribution in [1.29, 1.82) is 0 Å². The van der Waals surface area contributed by atoms with E-state index in [-0.39, 0.29) is 0 Å². The molecule has 0 aromatic heterocycles. The zero-order chi connectivity index (χ0) is 17.3. The summed E-state index contributed by atoms with van der Waals surface area (Å²) in [4.78, 5) is 0. The summed E-state index contributed by atoms with van der Waals surface area (Å²) in [6.45, 7) is 4.67. The highest BCUT2D eigenvalue weighted by Gasteiger charge is 2.49. The minimum Gasteiger partial charge on any atom is -0.0673 e. The molecule has 0 nitrogen and oxygen atoms in total. The van der Waals surface area contributed by atoms with Crippen molar-refractivity contribution in [2.45, 2.75) is 20.3 Å². The molecule has 0 atom stereocenters. The largest absolute Gasteiger partial charge is 0.175 e. The van der Waals surface area contributed by atoms with Crippen molar-refractivity contribution < 1.29 is 0 Å². The van der Waals surface area contributed by atoms with Crippen LogP contribution in [0.5, 0.6) is 0 Å². The highest BCUT2D eigenvalue weighted by atomic mass is 28.3. The van der Waals surface area contributed by atoms with Crippen LogP contribution in [0.15, 0.2) is 102 Å². The first kappa shape index (κ1) is 16.1. The average Bonchev–Trinajstić information content (AvgIpc) is 3.47. The zero-order valence-corrected chi connectivity index (χ0v) is 15.9. The second-order valence-electron chi connectivity index (χ2n) is 7.18. The molecule has 0 saturated heterocycles. The summed E-state index contributed by atoms with van der Waals surface area (Å²) in [6.07, 6.45) is 1.20. The van der Waals surface area contributed by atoms with E-state index in [2.05, 4.69) is 105 Å². The SMILES string of the molecule is CC(C)C1=C([Si](c2ccccc2)(c2ccccc2)c2ccccc2)C1. The van der Waals surface area contributed by atoms with Crippen molar-refractivity contribution in [2.24, 2.45) is 5.92 Å². The van der Waals surface area contributed by atoms with Crippen LogP contribution in [0, 0.1) is 5.92 Å². The van der Waals surface area contributed by atoms with Gasteiger partial charge < -0.3 is 0 Å². The number of benzene rings is 3. The molecule has 4 rings (SSSR count). The molecule has 3 aromatic carbocycles. The van der Waals surface area contributed by atoms with Gasteiger partial charge in [-0.05, 0) is 27.9 Å². The summed E-state index contributed by atoms with van der Waals surface area (Å²) in [5.41, 5.74) is 1.67. The van der Waals surface area contributed by atoms with Gasteiger partial charge in [0.25, 0.3) is 0 Å². The van der Waals surface area contributed by atoms with E-state index < -0.39 is 8.07 Å². The lowest BCUT2D eigenvalue weighted by Crippen LogP contribution is -2.67. The normalized spacial score (nSPS) is 14.0. The minimum absolute atomic E-state index is 0.637. The monoisotopic (exact) mass is 340 g/mol. The molecule has 1 heteroatoms. The van der Waals surface area contributed by atoms with Crippen molar-refractivity contribution in [2.75, 3.05) is 0 Å². The Morgan fingerprint density at radius 3 is 1.24 bits per heavy atom. The van der Waals surface area contributed by atoms with Gasteiger partial charge in [-0.25, -0.2) is 0 Å². The first-order valence-electron chi connectivity index (χ1n) is 9.13. The average molecular weight is 341 g/mol. The molecule has 0 heterocycles. The topological polar surface area (TPSA) is 0 Å². The predicted octanol–water partition coefficient (Wildman–Crippen LogP) is 4.05. The van der Waals surface area contributed by atoms with Gasteiger partial charge in [-0.2, -0.15) is 0 Å². The van der Waals surface area contributed by atoms with E-state index in [9.17, 15) is 0 Å². The van der Waals surface area contributed by atoms with Crippen molar-refractivity contribution in [1.82, 2.24) is 0 Å². The fourth-order valence-corrected chi connectivity index (χ4v) is 9.51. The van der Waals surface area contributed by atoms with Gasteiger partial charge in [0.15, 0.2) is 8.07 Å². The van der Waals surface area contributed by atoms with Gasteiger partial charge in [-0.15, -0.1) is 0 Å². The lowest BCUT2D eigenvalue weighted by atomic mass is 10.2. The Labute approximate surface area is 151 Å². The van der Waals surface area contributed by atoms with Crippen LogP contribution in [0.2, 0.25) is 0 Å². The maximum Gasteiger partial charge on any atom is 0.175 e. The van der Waals surface area contributed by atoms with Gasteiger partial charge in [0.2, 0.25) is 0 Å². The number of hydrogen-bond donors (Lipinski definition) is 0. The smallest absolute Gasteiger partial charge is 0.0673 e. The minimum atomic E-state index is -2.14. The second kappa shape index (κ2) is 6.49. The molecule has 0 fully saturated rings. The first-order chi connectivity index (χ1) is 12.2. The number of hydrogen-bond acceptors (Lipinski definition) is 0. The Morgan fingerprint density at radius 2 is 0.960 bits per heavy atom. The molecule has 0 amide bonds. The van der Waals surface area contributed by atoms with Crippen LogP contribution in [-0.2, 0) is 0 Å². The summed E-state index contributed by atoms with van der Waals surface area (Å²) < 4.78 is 0. The molecule has 0 radical (unpaired) electrons. The first-order valence-corrected chi connectivity index (χ1v) is 11.1. The zero-order valence-electron chi connectivity index (χ0n) is 14.9. The molecule has 0 unspecified atom stereocenters. The maximum absolute atomic E-state index is 2.34. The van der Waals surface area contributed by atoms with Crippen LogP contribution < -0.4 is 15.6 Å². The maximum atomic E-state index is 2.34. The lowest BCUT2D eigenvalue weighted by molar-refractivity contribution is 0.794. The molecule has 124 valence electrons. The van der Waals surface area contributed by atoms with E-state index in [0.717, 1.165) is 0 Å². The third-order valence-electron chi connectivity index (χ3n) is 5.40. The van der Waals surface area contributed by atoms with E-state index >= 15 is 0 Å². The highest BCUT2D eigenvalue weighted by Crippen LogP contribution is 2.42. The summed E-state index contributed by atoms with van der Waals surface area (Å²) in [6, 6.07) is 33.6. The second-order valence-corrected chi connectivity index (χ2v) is 11.0. The van der Waals surface area contributed by atoms with Crippen LogP contribution in [0.1, 0.15) is 20.3 Å². The molecule has 0 saturated carbocycles. The molecule has 1 aliphatic rings. The molecule has 0 N–H and O–H groups in total. The van der Waals surface area contributed by atoms with E-state index in [1.165, 1.54) is 22.0 Å². The van der Waals surface area contributed by atoms with E-state index in [1.54, 1.807) is 10.8 Å². The van der Waals surface area contributed by atoms with Crippen LogP contribution in [-0.4, -0.2) is 8.07 Å². The Hall–Kier alpha value is -2.38. The Kier molecular flexibility index (Phi) is 4.18. The van der Waals surface area contributed by atoms with Crippen molar-refractivity contribution >= 4 is 23.6 Å². The van der Waals surface area contributed by atoms with Crippen LogP contribution >= 0.6 is 0 Å². The molecule has 0 aliphatic heterocycles. The molecular weight excluding hydrogens is 316 g/mol. The highest BCUT2D eigenvalue weighted by molar-refractivity contribution is 7.16. The predicted molar refractivity (Wildman–Crippen MR) is 110 cm³/mol. The Morgan fingerprint density at radius 1 is 0.600 bits per heavy atom. The molecule has 0 spiro atoms. The summed E-state index contributed by atoms with van der Waals surface area (Å²) in [7, 11) is -2.14. The summed E-state index contributed by atoms with van der Waals surface area (Å²) >= 11 is 0. The van der Waals surface area contributed by atoms with Crippen molar-refractivity contribution in [3.63, 3.8) is 0 Å². The third kappa shape index (κ3) is 2.69. The fourth-order valence-electron chi connectivity index (χ4n) is 4.16. The Balaban J connectivity index is 2.07. The van der Waals surface area contributed by atoms with Gasteiger partial charge in [0.05, 0.1) is 0 Å². The van der Waals surface area contributed by atoms with Crippen molar-refractivity contribution in [3.05, 3.63) is 102 Å². The molecule has 3 aromatic rings. The van der Waals surface area contributed by atoms with Crippen LogP contribution in [0.3, 0.4) is 0 Å². The quantitative estimate of drug-likeness (QED) is 0.485. The van der Waals surface area contributed by atoms with E-state index in [4.69, 9.17) is 0 Å². The lowest BCUT2D eigenvalue weighted by Gasteiger charge is -2.32. The number of allylic oxidation sites excluding steroid dienone is 2. The van der Waals surface area contributed by atoms with E-state index in [0.29, 0.717) is 5.92 Å². The van der Waals surface area contributed by atoms with E-state index in [1.807, 2.05) is 0 Å². The third-order valence-corrected chi connectivity index (χ3v) is 10.4. The van der Waals surface area contributed by atoms with Gasteiger partial charge in [-0.1, -0.05) is 116 Å². The summed E-state index contributed by atoms with van der Waals surface area (Å²) in [5, 5.41) is 6.21. The molecule has 1 aliphatic carbocycles. The Bertz CT molecular complexity index is 780. The fraction of sp³-hybridized carbons (Fsp3) is 0.167. The van der Waals surface area contributed by atoms with Gasteiger partial charge in [-0.3, -0.25) is 0 Å². The molecule has 25 heavy (non-hydrogen) atoms. The summed E-state index contributed by atoms with van der Waals surface area (Å²) in [5.74, 6) is 0.637.